The van der Waals surface area contributed by atoms with Gasteiger partial charge in [0.2, 0.25) is 0 Å². The standard InChI is InChI=1S/C23H36SSi/c1-18(2)25(19(3)4,20(5)6)17-13-16-22(23(7,8)9)24-21-14-11-10-12-15-21/h10-12,14-16,18-20H,1-9H3/b22-16-. The second-order valence-electron chi connectivity index (χ2n) is 8.84. The molecule has 1 aromatic carbocycles. The molecule has 0 fully saturated rings. The first-order chi connectivity index (χ1) is 11.5. The summed E-state index contributed by atoms with van der Waals surface area (Å²) in [6, 6.07) is 10.6. The zero-order valence-corrected chi connectivity index (χ0v) is 19.4. The summed E-state index contributed by atoms with van der Waals surface area (Å²) in [4.78, 5) is 2.62. The predicted molar refractivity (Wildman–Crippen MR) is 119 cm³/mol. The van der Waals surface area contributed by atoms with Crippen LogP contribution in [0.2, 0.25) is 16.6 Å². The van der Waals surface area contributed by atoms with Crippen molar-refractivity contribution in [1.29, 1.82) is 0 Å². The average molecular weight is 373 g/mol. The van der Waals surface area contributed by atoms with Crippen LogP contribution < -0.4 is 0 Å². The SMILES string of the molecule is CC(C)[Si](C#C/C=C(\Sc1ccccc1)C(C)(C)C)(C(C)C)C(C)C. The molecule has 0 aliphatic heterocycles. The first-order valence-corrected chi connectivity index (χ1v) is 12.5. The fourth-order valence-corrected chi connectivity index (χ4v) is 9.83. The summed E-state index contributed by atoms with van der Waals surface area (Å²) < 4.78 is 0. The van der Waals surface area contributed by atoms with Crippen LogP contribution in [0.3, 0.4) is 0 Å². The lowest BCUT2D eigenvalue weighted by atomic mass is 9.96. The van der Waals surface area contributed by atoms with Gasteiger partial charge in [-0.3, -0.25) is 0 Å². The third-order valence-corrected chi connectivity index (χ3v) is 12.8. The van der Waals surface area contributed by atoms with Crippen molar-refractivity contribution in [1.82, 2.24) is 0 Å². The largest absolute Gasteiger partial charge is 0.146 e. The molecule has 0 radical (unpaired) electrons. The highest BCUT2D eigenvalue weighted by Crippen LogP contribution is 2.41. The maximum Gasteiger partial charge on any atom is 0.146 e. The summed E-state index contributed by atoms with van der Waals surface area (Å²) in [5.41, 5.74) is 5.95. The molecule has 0 saturated carbocycles. The number of rotatable bonds is 5. The third kappa shape index (κ3) is 5.80. The smallest absolute Gasteiger partial charge is 0.126 e. The lowest BCUT2D eigenvalue weighted by Gasteiger charge is -2.38. The van der Waals surface area contributed by atoms with Gasteiger partial charge in [-0.2, -0.15) is 0 Å². The van der Waals surface area contributed by atoms with Gasteiger partial charge in [0.25, 0.3) is 0 Å². The Morgan fingerprint density at radius 3 is 1.80 bits per heavy atom. The molecule has 0 aliphatic carbocycles. The normalized spacial score (nSPS) is 13.4. The molecular formula is C23H36SSi. The lowest BCUT2D eigenvalue weighted by molar-refractivity contribution is 0.533. The maximum absolute atomic E-state index is 3.82. The summed E-state index contributed by atoms with van der Waals surface area (Å²) >= 11 is 1.85. The van der Waals surface area contributed by atoms with Crippen molar-refractivity contribution in [2.24, 2.45) is 5.41 Å². The van der Waals surface area contributed by atoms with Gasteiger partial charge in [-0.25, -0.2) is 0 Å². The third-order valence-electron chi connectivity index (χ3n) is 5.07. The Hall–Kier alpha value is -0.913. The number of hydrogen-bond acceptors (Lipinski definition) is 1. The molecule has 0 nitrogen and oxygen atoms in total. The molecule has 0 aliphatic rings. The van der Waals surface area contributed by atoms with Crippen molar-refractivity contribution in [3.63, 3.8) is 0 Å². The van der Waals surface area contributed by atoms with Crippen LogP contribution in [-0.4, -0.2) is 8.07 Å². The molecule has 25 heavy (non-hydrogen) atoms. The van der Waals surface area contributed by atoms with E-state index in [1.807, 2.05) is 11.8 Å². The van der Waals surface area contributed by atoms with Crippen molar-refractivity contribution < 1.29 is 0 Å². The van der Waals surface area contributed by atoms with E-state index in [1.54, 1.807) is 0 Å². The molecular weight excluding hydrogens is 336 g/mol. The monoisotopic (exact) mass is 372 g/mol. The Morgan fingerprint density at radius 1 is 0.920 bits per heavy atom. The number of benzene rings is 1. The molecule has 0 amide bonds. The Bertz CT molecular complexity index is 600. The van der Waals surface area contributed by atoms with Gasteiger partial charge in [-0.05, 0) is 40.2 Å². The van der Waals surface area contributed by atoms with Crippen LogP contribution in [0.15, 0.2) is 46.2 Å². The molecule has 1 aromatic rings. The van der Waals surface area contributed by atoms with Crippen LogP contribution in [0.1, 0.15) is 62.3 Å². The highest BCUT2D eigenvalue weighted by Gasteiger charge is 2.41. The molecule has 0 unspecified atom stereocenters. The average Bonchev–Trinajstić information content (AvgIpc) is 2.49. The van der Waals surface area contributed by atoms with Gasteiger partial charge >= 0.3 is 0 Å². The molecule has 2 heteroatoms. The van der Waals surface area contributed by atoms with Crippen LogP contribution in [0, 0.1) is 16.9 Å². The van der Waals surface area contributed by atoms with Crippen molar-refractivity contribution in [3.8, 4) is 11.5 Å². The zero-order valence-electron chi connectivity index (χ0n) is 17.6. The Balaban J connectivity index is 3.25. The molecule has 0 aromatic heterocycles. The van der Waals surface area contributed by atoms with E-state index in [9.17, 15) is 0 Å². The van der Waals surface area contributed by atoms with Crippen molar-refractivity contribution >= 4 is 19.8 Å². The number of allylic oxidation sites excluding steroid dienone is 2. The van der Waals surface area contributed by atoms with Gasteiger partial charge in [0.05, 0.1) is 0 Å². The fraction of sp³-hybridized carbons (Fsp3) is 0.565. The highest BCUT2D eigenvalue weighted by molar-refractivity contribution is 8.03. The number of thioether (sulfide) groups is 1. The molecule has 0 saturated heterocycles. The summed E-state index contributed by atoms with van der Waals surface area (Å²) in [5, 5.41) is 0. The molecule has 0 atom stereocenters. The molecule has 1 rings (SSSR count). The van der Waals surface area contributed by atoms with E-state index in [0.29, 0.717) is 16.6 Å². The molecule has 0 spiro atoms. The lowest BCUT2D eigenvalue weighted by Crippen LogP contribution is -2.43. The van der Waals surface area contributed by atoms with Crippen LogP contribution in [0.25, 0.3) is 0 Å². The van der Waals surface area contributed by atoms with Gasteiger partial charge in [-0.15, -0.1) is 5.54 Å². The first-order valence-electron chi connectivity index (χ1n) is 9.48. The Labute approximate surface area is 161 Å². The highest BCUT2D eigenvalue weighted by atomic mass is 32.2. The van der Waals surface area contributed by atoms with Gasteiger partial charge in [0, 0.05) is 9.80 Å². The van der Waals surface area contributed by atoms with E-state index in [1.165, 1.54) is 9.80 Å². The summed E-state index contributed by atoms with van der Waals surface area (Å²) in [5.74, 6) is 3.53. The van der Waals surface area contributed by atoms with Crippen LogP contribution in [-0.2, 0) is 0 Å². The van der Waals surface area contributed by atoms with Gasteiger partial charge < -0.3 is 0 Å². The predicted octanol–water partition coefficient (Wildman–Crippen LogP) is 7.93. The van der Waals surface area contributed by atoms with Crippen LogP contribution in [0.5, 0.6) is 0 Å². The minimum Gasteiger partial charge on any atom is -0.126 e. The fourth-order valence-electron chi connectivity index (χ4n) is 3.67. The zero-order chi connectivity index (χ0) is 19.3. The maximum atomic E-state index is 3.82. The Kier molecular flexibility index (Phi) is 8.10. The van der Waals surface area contributed by atoms with Crippen molar-refractivity contribution in [3.05, 3.63) is 41.3 Å². The second-order valence-corrected chi connectivity index (χ2v) is 15.5. The van der Waals surface area contributed by atoms with E-state index < -0.39 is 8.07 Å². The minimum absolute atomic E-state index is 0.104. The minimum atomic E-state index is -1.66. The number of hydrogen-bond donors (Lipinski definition) is 0. The van der Waals surface area contributed by atoms with Gasteiger partial charge in [0.1, 0.15) is 8.07 Å². The van der Waals surface area contributed by atoms with E-state index >= 15 is 0 Å². The summed E-state index contributed by atoms with van der Waals surface area (Å²) in [6.45, 7) is 21.0. The van der Waals surface area contributed by atoms with Crippen molar-refractivity contribution in [2.45, 2.75) is 83.8 Å². The van der Waals surface area contributed by atoms with Crippen molar-refractivity contribution in [2.75, 3.05) is 0 Å². The van der Waals surface area contributed by atoms with E-state index in [4.69, 9.17) is 0 Å². The molecule has 138 valence electrons. The molecule has 0 N–H and O–H groups in total. The van der Waals surface area contributed by atoms with E-state index in [2.05, 4.69) is 110 Å². The van der Waals surface area contributed by atoms with E-state index in [-0.39, 0.29) is 5.41 Å². The van der Waals surface area contributed by atoms with Gasteiger partial charge in [-0.1, -0.05) is 98.2 Å². The first kappa shape index (κ1) is 22.1. The topological polar surface area (TPSA) is 0 Å². The Morgan fingerprint density at radius 2 is 1.40 bits per heavy atom. The molecule has 0 bridgehead atoms. The second kappa shape index (κ2) is 9.15. The summed E-state index contributed by atoms with van der Waals surface area (Å²) in [6.07, 6.45) is 2.19. The van der Waals surface area contributed by atoms with Crippen LogP contribution in [0.4, 0.5) is 0 Å². The van der Waals surface area contributed by atoms with E-state index in [0.717, 1.165) is 0 Å². The quantitative estimate of drug-likeness (QED) is 0.287. The van der Waals surface area contributed by atoms with Crippen LogP contribution >= 0.6 is 11.8 Å². The summed E-state index contributed by atoms with van der Waals surface area (Å²) in [7, 11) is -1.66. The molecule has 0 heterocycles. The van der Waals surface area contributed by atoms with Gasteiger partial charge in [0.15, 0.2) is 0 Å².